The van der Waals surface area contributed by atoms with Gasteiger partial charge in [-0.1, -0.05) is 36.4 Å². The maximum Gasteiger partial charge on any atom is 0.253 e. The summed E-state index contributed by atoms with van der Waals surface area (Å²) in [6.45, 7) is 5.59. The number of allylic oxidation sites excluding steroid dienone is 2. The van der Waals surface area contributed by atoms with Gasteiger partial charge in [-0.25, -0.2) is 4.98 Å². The van der Waals surface area contributed by atoms with E-state index < -0.39 is 0 Å². The Morgan fingerprint density at radius 1 is 1.37 bits per heavy atom. The van der Waals surface area contributed by atoms with Crippen molar-refractivity contribution in [2.75, 3.05) is 24.8 Å². The second-order valence-corrected chi connectivity index (χ2v) is 6.58. The van der Waals surface area contributed by atoms with E-state index in [1.54, 1.807) is 49.5 Å². The van der Waals surface area contributed by atoms with Crippen molar-refractivity contribution in [2.45, 2.75) is 13.0 Å². The Hall–Kier alpha value is -3.36. The first-order valence-electron chi connectivity index (χ1n) is 9.11. The molecule has 2 rings (SSSR count). The number of methoxy groups -OCH3 is 1. The van der Waals surface area contributed by atoms with Crippen molar-refractivity contribution in [3.63, 3.8) is 0 Å². The SMILES string of the molecule is C=C/C(OC)=C(\C=C/C(C)N)Nc1ncc(Cl)c(Nc2ccccc2C(=O)NC)n1. The molecule has 0 spiro atoms. The highest BCUT2D eigenvalue weighted by Crippen LogP contribution is 2.26. The molecule has 0 bridgehead atoms. The van der Waals surface area contributed by atoms with E-state index in [1.165, 1.54) is 13.3 Å². The fourth-order valence-corrected chi connectivity index (χ4v) is 2.56. The molecule has 1 aromatic carbocycles. The molecule has 2 aromatic rings. The van der Waals surface area contributed by atoms with Crippen LogP contribution < -0.4 is 21.7 Å². The average molecular weight is 429 g/mol. The third-order valence-electron chi connectivity index (χ3n) is 3.88. The van der Waals surface area contributed by atoms with Gasteiger partial charge in [-0.2, -0.15) is 4.98 Å². The first-order chi connectivity index (χ1) is 14.4. The van der Waals surface area contributed by atoms with E-state index in [4.69, 9.17) is 22.1 Å². The number of carbonyl (C=O) groups excluding carboxylic acids is 1. The summed E-state index contributed by atoms with van der Waals surface area (Å²) < 4.78 is 5.34. The number of ether oxygens (including phenoxy) is 1. The van der Waals surface area contributed by atoms with E-state index in [1.807, 2.05) is 6.92 Å². The van der Waals surface area contributed by atoms with Crippen molar-refractivity contribution in [2.24, 2.45) is 5.73 Å². The normalized spacial score (nSPS) is 12.7. The van der Waals surface area contributed by atoms with E-state index in [0.717, 1.165) is 0 Å². The fraction of sp³-hybridized carbons (Fsp3) is 0.190. The number of nitrogens with two attached hydrogens (primary N) is 1. The van der Waals surface area contributed by atoms with Crippen LogP contribution >= 0.6 is 11.6 Å². The summed E-state index contributed by atoms with van der Waals surface area (Å²) in [5, 5.41) is 9.06. The van der Waals surface area contributed by atoms with Crippen molar-refractivity contribution in [3.8, 4) is 0 Å². The third kappa shape index (κ3) is 6.07. The standard InChI is InChI=1S/C21H25ClN6O2/c1-5-18(30-4)17(11-10-13(2)23)27-21-25-12-15(22)19(28-21)26-16-9-7-6-8-14(16)20(29)24-3/h5-13H,1,23H2,2-4H3,(H,24,29)(H2,25,26,27,28)/b11-10-,18-17-. The summed E-state index contributed by atoms with van der Waals surface area (Å²) in [7, 11) is 3.10. The molecule has 8 nitrogen and oxygen atoms in total. The molecule has 0 aliphatic rings. The van der Waals surface area contributed by atoms with Gasteiger partial charge in [0.15, 0.2) is 5.82 Å². The van der Waals surface area contributed by atoms with Crippen molar-refractivity contribution >= 4 is 35.0 Å². The van der Waals surface area contributed by atoms with Crippen LogP contribution in [0.5, 0.6) is 0 Å². The molecule has 0 saturated heterocycles. The van der Waals surface area contributed by atoms with Crippen LogP contribution in [0, 0.1) is 0 Å². The van der Waals surface area contributed by atoms with Gasteiger partial charge in [0.2, 0.25) is 5.95 Å². The lowest BCUT2D eigenvalue weighted by Crippen LogP contribution is -2.19. The number of nitrogens with zero attached hydrogens (tertiary/aromatic N) is 2. The molecule has 1 atom stereocenters. The van der Waals surface area contributed by atoms with E-state index in [2.05, 4.69) is 32.5 Å². The van der Waals surface area contributed by atoms with Crippen LogP contribution in [-0.4, -0.2) is 36.1 Å². The number of nitrogens with one attached hydrogen (secondary N) is 3. The Bertz CT molecular complexity index is 972. The molecule has 0 fully saturated rings. The summed E-state index contributed by atoms with van der Waals surface area (Å²) in [5.74, 6) is 0.854. The quantitative estimate of drug-likeness (QED) is 0.356. The summed E-state index contributed by atoms with van der Waals surface area (Å²) >= 11 is 6.27. The van der Waals surface area contributed by atoms with Crippen LogP contribution in [0.4, 0.5) is 17.5 Å². The smallest absolute Gasteiger partial charge is 0.253 e. The maximum absolute atomic E-state index is 12.1. The number of rotatable bonds is 9. The Morgan fingerprint density at radius 2 is 2.10 bits per heavy atom. The highest BCUT2D eigenvalue weighted by atomic mass is 35.5. The van der Waals surface area contributed by atoms with Crippen molar-refractivity contribution < 1.29 is 9.53 Å². The van der Waals surface area contributed by atoms with Crippen LogP contribution in [-0.2, 0) is 4.74 Å². The van der Waals surface area contributed by atoms with Crippen LogP contribution in [0.3, 0.4) is 0 Å². The molecule has 1 aromatic heterocycles. The Morgan fingerprint density at radius 3 is 2.73 bits per heavy atom. The maximum atomic E-state index is 12.1. The highest BCUT2D eigenvalue weighted by Gasteiger charge is 2.13. The molecule has 1 unspecified atom stereocenters. The minimum absolute atomic E-state index is 0.158. The van der Waals surface area contributed by atoms with Gasteiger partial charge in [0.1, 0.15) is 10.8 Å². The summed E-state index contributed by atoms with van der Waals surface area (Å²) in [5.41, 5.74) is 7.39. The van der Waals surface area contributed by atoms with Gasteiger partial charge in [-0.15, -0.1) is 0 Å². The van der Waals surface area contributed by atoms with Gasteiger partial charge in [-0.05, 0) is 31.2 Å². The molecular weight excluding hydrogens is 404 g/mol. The van der Waals surface area contributed by atoms with Gasteiger partial charge >= 0.3 is 0 Å². The van der Waals surface area contributed by atoms with E-state index in [9.17, 15) is 4.79 Å². The lowest BCUT2D eigenvalue weighted by atomic mass is 10.1. The molecule has 0 radical (unpaired) electrons. The number of carbonyl (C=O) groups is 1. The van der Waals surface area contributed by atoms with E-state index in [0.29, 0.717) is 33.5 Å². The number of hydrogen-bond donors (Lipinski definition) is 4. The Labute approximate surface area is 180 Å². The van der Waals surface area contributed by atoms with Gasteiger partial charge < -0.3 is 26.4 Å². The number of halogens is 1. The molecule has 1 heterocycles. The molecule has 0 aliphatic carbocycles. The number of amides is 1. The number of anilines is 3. The predicted molar refractivity (Wildman–Crippen MR) is 121 cm³/mol. The van der Waals surface area contributed by atoms with Gasteiger partial charge in [0.05, 0.1) is 30.3 Å². The van der Waals surface area contributed by atoms with Crippen molar-refractivity contribution in [3.05, 3.63) is 77.3 Å². The molecule has 30 heavy (non-hydrogen) atoms. The second kappa shape index (κ2) is 11.0. The zero-order valence-electron chi connectivity index (χ0n) is 17.1. The van der Waals surface area contributed by atoms with Crippen molar-refractivity contribution in [1.29, 1.82) is 0 Å². The van der Waals surface area contributed by atoms with Crippen LogP contribution in [0.15, 0.2) is 66.7 Å². The number of para-hydroxylation sites is 1. The minimum Gasteiger partial charge on any atom is -0.495 e. The third-order valence-corrected chi connectivity index (χ3v) is 4.16. The number of benzene rings is 1. The van der Waals surface area contributed by atoms with Gasteiger partial charge in [0, 0.05) is 13.1 Å². The Balaban J connectivity index is 2.38. The molecule has 158 valence electrons. The zero-order valence-corrected chi connectivity index (χ0v) is 17.8. The number of hydrogen-bond acceptors (Lipinski definition) is 7. The molecular formula is C21H25ClN6O2. The summed E-state index contributed by atoms with van der Waals surface area (Å²) in [6.07, 6.45) is 6.56. The van der Waals surface area contributed by atoms with Gasteiger partial charge in [0.25, 0.3) is 5.91 Å². The summed E-state index contributed by atoms with van der Waals surface area (Å²) in [4.78, 5) is 20.7. The van der Waals surface area contributed by atoms with Crippen LogP contribution in [0.2, 0.25) is 5.02 Å². The van der Waals surface area contributed by atoms with E-state index in [-0.39, 0.29) is 17.9 Å². The second-order valence-electron chi connectivity index (χ2n) is 6.17. The lowest BCUT2D eigenvalue weighted by Gasteiger charge is -2.14. The Kier molecular flexibility index (Phi) is 8.40. The molecule has 1 amide bonds. The largest absolute Gasteiger partial charge is 0.495 e. The fourth-order valence-electron chi connectivity index (χ4n) is 2.42. The van der Waals surface area contributed by atoms with E-state index >= 15 is 0 Å². The molecule has 0 aliphatic heterocycles. The number of aromatic nitrogens is 2. The average Bonchev–Trinajstić information content (AvgIpc) is 2.74. The monoisotopic (exact) mass is 428 g/mol. The first-order valence-corrected chi connectivity index (χ1v) is 9.49. The zero-order chi connectivity index (χ0) is 22.1. The topological polar surface area (TPSA) is 114 Å². The van der Waals surface area contributed by atoms with Crippen LogP contribution in [0.1, 0.15) is 17.3 Å². The lowest BCUT2D eigenvalue weighted by molar-refractivity contribution is 0.0964. The molecule has 5 N–H and O–H groups in total. The van der Waals surface area contributed by atoms with Crippen molar-refractivity contribution in [1.82, 2.24) is 15.3 Å². The molecule has 9 heteroatoms. The van der Waals surface area contributed by atoms with Crippen LogP contribution in [0.25, 0.3) is 0 Å². The highest BCUT2D eigenvalue weighted by molar-refractivity contribution is 6.33. The van der Waals surface area contributed by atoms with Gasteiger partial charge in [-0.3, -0.25) is 4.79 Å². The summed E-state index contributed by atoms with van der Waals surface area (Å²) in [6, 6.07) is 6.87. The first kappa shape index (κ1) is 22.9. The minimum atomic E-state index is -0.233. The molecule has 0 saturated carbocycles. The predicted octanol–water partition coefficient (Wildman–Crippen LogP) is 3.59.